The molecule has 0 aliphatic carbocycles. The van der Waals surface area contributed by atoms with E-state index in [4.69, 9.17) is 17.0 Å². The monoisotopic (exact) mass is 381 g/mol. The topological polar surface area (TPSA) is 66.2 Å². The van der Waals surface area contributed by atoms with E-state index in [9.17, 15) is 4.79 Å². The number of esters is 1. The van der Waals surface area contributed by atoms with Crippen molar-refractivity contribution in [1.82, 2.24) is 10.3 Å². The quantitative estimate of drug-likeness (QED) is 0.441. The summed E-state index contributed by atoms with van der Waals surface area (Å²) in [5.41, 5.74) is 5.01. The molecule has 0 saturated carbocycles. The van der Waals surface area contributed by atoms with Gasteiger partial charge < -0.3 is 20.4 Å². The molecule has 0 fully saturated rings. The molecule has 0 spiro atoms. The van der Waals surface area contributed by atoms with Crippen LogP contribution in [0.5, 0.6) is 0 Å². The minimum Gasteiger partial charge on any atom is -0.462 e. The summed E-state index contributed by atoms with van der Waals surface area (Å²) < 4.78 is 4.98. The summed E-state index contributed by atoms with van der Waals surface area (Å²) in [7, 11) is 0. The highest BCUT2D eigenvalue weighted by molar-refractivity contribution is 7.80. The predicted octanol–water partition coefficient (Wildman–Crippen LogP) is 4.18. The van der Waals surface area contributed by atoms with Crippen LogP contribution in [0, 0.1) is 6.92 Å². The van der Waals surface area contributed by atoms with Gasteiger partial charge in [-0.05, 0) is 74.4 Å². The molecule has 3 rings (SSSR count). The maximum atomic E-state index is 11.7. The van der Waals surface area contributed by atoms with Gasteiger partial charge in [0.15, 0.2) is 5.11 Å². The minimum atomic E-state index is -0.321. The van der Waals surface area contributed by atoms with E-state index in [1.54, 1.807) is 19.1 Å². The second-order valence-corrected chi connectivity index (χ2v) is 6.70. The summed E-state index contributed by atoms with van der Waals surface area (Å²) in [6, 6.07) is 13.5. The van der Waals surface area contributed by atoms with Crippen molar-refractivity contribution in [2.24, 2.45) is 0 Å². The van der Waals surface area contributed by atoms with E-state index in [1.165, 1.54) is 16.5 Å². The van der Waals surface area contributed by atoms with E-state index in [-0.39, 0.29) is 5.97 Å². The van der Waals surface area contributed by atoms with Crippen molar-refractivity contribution in [1.29, 1.82) is 0 Å². The van der Waals surface area contributed by atoms with Gasteiger partial charge in [-0.15, -0.1) is 0 Å². The first-order valence-corrected chi connectivity index (χ1v) is 9.36. The summed E-state index contributed by atoms with van der Waals surface area (Å²) in [5.74, 6) is -0.321. The lowest BCUT2D eigenvalue weighted by Crippen LogP contribution is -2.30. The van der Waals surface area contributed by atoms with Gasteiger partial charge in [-0.1, -0.05) is 11.6 Å². The number of benzene rings is 2. The zero-order valence-electron chi connectivity index (χ0n) is 15.5. The fourth-order valence-corrected chi connectivity index (χ4v) is 3.11. The normalized spacial score (nSPS) is 10.6. The molecule has 1 heterocycles. The van der Waals surface area contributed by atoms with E-state index in [0.29, 0.717) is 17.3 Å². The number of rotatable bonds is 6. The van der Waals surface area contributed by atoms with E-state index in [2.05, 4.69) is 46.9 Å². The van der Waals surface area contributed by atoms with E-state index in [0.717, 1.165) is 24.2 Å². The Kier molecular flexibility index (Phi) is 6.08. The number of thiocarbonyl (C=S) groups is 1. The molecule has 3 aromatic rings. The largest absolute Gasteiger partial charge is 0.462 e. The average Bonchev–Trinajstić information content (AvgIpc) is 3.05. The first-order chi connectivity index (χ1) is 13.1. The standard InChI is InChI=1S/C21H23N3O2S/c1-3-26-20(25)15-5-7-17(8-6-15)24-21(27)22-11-10-16-13-23-19-9-4-14(2)12-18(16)19/h4-9,12-13,23H,3,10-11H2,1-2H3,(H2,22,24,27). The van der Waals surface area contributed by atoms with Gasteiger partial charge in [0, 0.05) is 29.3 Å². The van der Waals surface area contributed by atoms with Crippen molar-refractivity contribution in [2.45, 2.75) is 20.3 Å². The van der Waals surface area contributed by atoms with Crippen molar-refractivity contribution in [3.63, 3.8) is 0 Å². The number of H-pyrrole nitrogens is 1. The Morgan fingerprint density at radius 2 is 1.96 bits per heavy atom. The van der Waals surface area contributed by atoms with Gasteiger partial charge in [0.1, 0.15) is 0 Å². The predicted molar refractivity (Wildman–Crippen MR) is 113 cm³/mol. The van der Waals surface area contributed by atoms with Crippen molar-refractivity contribution in [2.75, 3.05) is 18.5 Å². The maximum Gasteiger partial charge on any atom is 0.338 e. The Labute approximate surface area is 164 Å². The van der Waals surface area contributed by atoms with Gasteiger partial charge in [-0.3, -0.25) is 0 Å². The highest BCUT2D eigenvalue weighted by Gasteiger charge is 2.07. The number of aromatic nitrogens is 1. The molecule has 0 saturated heterocycles. The summed E-state index contributed by atoms with van der Waals surface area (Å²) in [4.78, 5) is 15.0. The van der Waals surface area contributed by atoms with E-state index >= 15 is 0 Å². The first kappa shape index (κ1) is 18.9. The van der Waals surface area contributed by atoms with Crippen LogP contribution in [0.1, 0.15) is 28.4 Å². The van der Waals surface area contributed by atoms with Crippen LogP contribution in [0.2, 0.25) is 0 Å². The van der Waals surface area contributed by atoms with Crippen LogP contribution >= 0.6 is 12.2 Å². The number of aromatic amines is 1. The zero-order valence-corrected chi connectivity index (χ0v) is 16.3. The fraction of sp³-hybridized carbons (Fsp3) is 0.238. The molecule has 5 nitrogen and oxygen atoms in total. The Morgan fingerprint density at radius 3 is 2.70 bits per heavy atom. The van der Waals surface area contributed by atoms with Crippen molar-refractivity contribution in [3.8, 4) is 0 Å². The molecular formula is C21H23N3O2S. The zero-order chi connectivity index (χ0) is 19.2. The summed E-state index contributed by atoms with van der Waals surface area (Å²) in [6.07, 6.45) is 2.92. The first-order valence-electron chi connectivity index (χ1n) is 8.95. The van der Waals surface area contributed by atoms with Crippen LogP contribution in [0.25, 0.3) is 10.9 Å². The highest BCUT2D eigenvalue weighted by Crippen LogP contribution is 2.19. The molecule has 3 N–H and O–H groups in total. The second kappa shape index (κ2) is 8.68. The summed E-state index contributed by atoms with van der Waals surface area (Å²) >= 11 is 5.35. The number of aryl methyl sites for hydroxylation is 1. The number of nitrogens with one attached hydrogen (secondary N) is 3. The van der Waals surface area contributed by atoms with Gasteiger partial charge in [0.05, 0.1) is 12.2 Å². The number of anilines is 1. The minimum absolute atomic E-state index is 0.321. The van der Waals surface area contributed by atoms with Crippen LogP contribution in [0.15, 0.2) is 48.7 Å². The van der Waals surface area contributed by atoms with Gasteiger partial charge in [-0.25, -0.2) is 4.79 Å². The van der Waals surface area contributed by atoms with Crippen LogP contribution in [-0.4, -0.2) is 29.2 Å². The van der Waals surface area contributed by atoms with Crippen LogP contribution in [0.4, 0.5) is 5.69 Å². The molecule has 1 aromatic heterocycles. The molecule has 0 amide bonds. The van der Waals surface area contributed by atoms with Crippen molar-refractivity contribution < 1.29 is 9.53 Å². The number of carbonyl (C=O) groups is 1. The average molecular weight is 382 g/mol. The molecule has 0 bridgehead atoms. The Bertz CT molecular complexity index is 948. The van der Waals surface area contributed by atoms with E-state index in [1.807, 2.05) is 12.1 Å². The third kappa shape index (κ3) is 4.86. The molecule has 0 aliphatic heterocycles. The molecule has 0 atom stereocenters. The van der Waals surface area contributed by atoms with Gasteiger partial charge in [0.2, 0.25) is 0 Å². The Morgan fingerprint density at radius 1 is 1.19 bits per heavy atom. The molecule has 0 radical (unpaired) electrons. The fourth-order valence-electron chi connectivity index (χ4n) is 2.89. The number of hydrogen-bond donors (Lipinski definition) is 3. The Balaban J connectivity index is 1.51. The lowest BCUT2D eigenvalue weighted by molar-refractivity contribution is 0.0526. The third-order valence-corrected chi connectivity index (χ3v) is 4.50. The molecule has 0 unspecified atom stereocenters. The number of carbonyl (C=O) groups excluding carboxylic acids is 1. The van der Waals surface area contributed by atoms with Crippen LogP contribution in [0.3, 0.4) is 0 Å². The third-order valence-electron chi connectivity index (χ3n) is 4.26. The summed E-state index contributed by atoms with van der Waals surface area (Å²) in [5, 5.41) is 8.15. The Hall–Kier alpha value is -2.86. The molecule has 2 aromatic carbocycles. The van der Waals surface area contributed by atoms with E-state index < -0.39 is 0 Å². The molecular weight excluding hydrogens is 358 g/mol. The summed E-state index contributed by atoms with van der Waals surface area (Å²) in [6.45, 7) is 4.98. The molecule has 6 heteroatoms. The smallest absolute Gasteiger partial charge is 0.338 e. The maximum absolute atomic E-state index is 11.7. The lowest BCUT2D eigenvalue weighted by atomic mass is 10.1. The van der Waals surface area contributed by atoms with Crippen LogP contribution < -0.4 is 10.6 Å². The molecule has 140 valence electrons. The molecule has 27 heavy (non-hydrogen) atoms. The SMILES string of the molecule is CCOC(=O)c1ccc(NC(=S)NCCc2c[nH]c3ccc(C)cc23)cc1. The highest BCUT2D eigenvalue weighted by atomic mass is 32.1. The molecule has 0 aliphatic rings. The second-order valence-electron chi connectivity index (χ2n) is 6.29. The van der Waals surface area contributed by atoms with Crippen molar-refractivity contribution in [3.05, 3.63) is 65.4 Å². The van der Waals surface area contributed by atoms with Gasteiger partial charge in [0.25, 0.3) is 0 Å². The number of hydrogen-bond acceptors (Lipinski definition) is 3. The number of ether oxygens (including phenoxy) is 1. The lowest BCUT2D eigenvalue weighted by Gasteiger charge is -2.11. The van der Waals surface area contributed by atoms with Crippen molar-refractivity contribution >= 4 is 39.9 Å². The van der Waals surface area contributed by atoms with Gasteiger partial charge >= 0.3 is 5.97 Å². The number of fused-ring (bicyclic) bond motifs is 1. The van der Waals surface area contributed by atoms with Crippen LogP contribution in [-0.2, 0) is 11.2 Å². The van der Waals surface area contributed by atoms with Gasteiger partial charge in [-0.2, -0.15) is 0 Å².